The summed E-state index contributed by atoms with van der Waals surface area (Å²) in [7, 11) is 0. The van der Waals surface area contributed by atoms with E-state index in [1.807, 2.05) is 12.1 Å². The lowest BCUT2D eigenvalue weighted by Gasteiger charge is -2.32. The number of H-pyrrole nitrogens is 1. The van der Waals surface area contributed by atoms with Crippen molar-refractivity contribution in [2.45, 2.75) is 84.7 Å². The molecule has 2 aromatic heterocycles. The van der Waals surface area contributed by atoms with Gasteiger partial charge in [0.25, 0.3) is 0 Å². The van der Waals surface area contributed by atoms with Crippen LogP contribution in [0.2, 0.25) is 0 Å². The summed E-state index contributed by atoms with van der Waals surface area (Å²) in [5.41, 5.74) is 2.62. The molecular formula is C32H48N8O5. The maximum absolute atomic E-state index is 13.1. The highest BCUT2D eigenvalue weighted by Crippen LogP contribution is 2.23. The molecule has 3 aromatic rings. The Morgan fingerprint density at radius 2 is 1.71 bits per heavy atom. The quantitative estimate of drug-likeness (QED) is 0.122. The van der Waals surface area contributed by atoms with Crippen LogP contribution in [-0.2, 0) is 27.5 Å². The molecule has 13 heteroatoms. The largest absolute Gasteiger partial charge is 0.463 e. The fourth-order valence-electron chi connectivity index (χ4n) is 5.52. The molecule has 2 amide bonds. The van der Waals surface area contributed by atoms with E-state index in [9.17, 15) is 14.4 Å². The van der Waals surface area contributed by atoms with Crippen LogP contribution in [0.5, 0.6) is 6.01 Å². The molecule has 4 rings (SSSR count). The number of likely N-dealkylation sites (tertiary alicyclic amines) is 1. The van der Waals surface area contributed by atoms with Gasteiger partial charge in [0.05, 0.1) is 13.2 Å². The number of rotatable bonds is 18. The van der Waals surface area contributed by atoms with E-state index in [0.717, 1.165) is 76.6 Å². The Hall–Kier alpha value is -3.81. The fourth-order valence-corrected chi connectivity index (χ4v) is 5.52. The van der Waals surface area contributed by atoms with E-state index in [4.69, 9.17) is 10.6 Å². The van der Waals surface area contributed by atoms with Crippen molar-refractivity contribution in [3.8, 4) is 6.01 Å². The number of anilines is 1. The maximum Gasteiger partial charge on any atom is 0.328 e. The molecule has 1 saturated heterocycles. The van der Waals surface area contributed by atoms with Gasteiger partial charge in [-0.05, 0) is 62.2 Å². The number of carbonyl (C=O) groups is 2. The van der Waals surface area contributed by atoms with Crippen molar-refractivity contribution in [1.82, 2.24) is 29.7 Å². The highest BCUT2D eigenvalue weighted by molar-refractivity contribution is 5.97. The van der Waals surface area contributed by atoms with Crippen LogP contribution in [0.1, 0.15) is 82.8 Å². The topological polar surface area (TPSA) is 169 Å². The molecule has 5 N–H and O–H groups in total. The highest BCUT2D eigenvalue weighted by Gasteiger charge is 2.20. The van der Waals surface area contributed by atoms with E-state index in [1.54, 1.807) is 4.57 Å². The summed E-state index contributed by atoms with van der Waals surface area (Å²) >= 11 is 0. The summed E-state index contributed by atoms with van der Waals surface area (Å²) in [6, 6.07) is 8.42. The third-order valence-electron chi connectivity index (χ3n) is 8.16. The number of hydrogen-bond acceptors (Lipinski definition) is 9. The lowest BCUT2D eigenvalue weighted by Crippen LogP contribution is -2.35. The van der Waals surface area contributed by atoms with Crippen LogP contribution in [0.3, 0.4) is 0 Å². The number of piperidine rings is 1. The Kier molecular flexibility index (Phi) is 13.3. The second-order valence-electron chi connectivity index (χ2n) is 11.8. The number of nitrogens with zero attached hydrogens (tertiary/aromatic N) is 4. The summed E-state index contributed by atoms with van der Waals surface area (Å²) in [5, 5.41) is 5.70. The number of benzene rings is 1. The Balaban J connectivity index is 1.38. The molecule has 0 saturated carbocycles. The van der Waals surface area contributed by atoms with E-state index < -0.39 is 0 Å². The van der Waals surface area contributed by atoms with Gasteiger partial charge in [0, 0.05) is 19.5 Å². The zero-order chi connectivity index (χ0) is 32.0. The molecule has 1 fully saturated rings. The molecule has 0 unspecified atom stereocenters. The summed E-state index contributed by atoms with van der Waals surface area (Å²) < 4.78 is 7.35. The molecule has 1 aliphatic heterocycles. The number of unbranched alkanes of at least 4 members (excludes halogenated alkanes) is 3. The van der Waals surface area contributed by atoms with Crippen molar-refractivity contribution < 1.29 is 19.2 Å². The van der Waals surface area contributed by atoms with Gasteiger partial charge in [-0.25, -0.2) is 10.7 Å². The SMILES string of the molecule is CCCCCC(=O)Nc1nc(OCCCC)nc2c1[nH]c(=O)n2Cc1ccc(CN2CCC(CCNC(=O)CON)CC2)cc1. The molecule has 45 heavy (non-hydrogen) atoms. The molecule has 0 aliphatic carbocycles. The number of imidazole rings is 1. The minimum Gasteiger partial charge on any atom is -0.463 e. The summed E-state index contributed by atoms with van der Waals surface area (Å²) in [6.07, 6.45) is 8.10. The normalized spacial score (nSPS) is 14.1. The molecule has 0 atom stereocenters. The van der Waals surface area contributed by atoms with Crippen molar-refractivity contribution in [2.75, 3.05) is 38.2 Å². The zero-order valence-corrected chi connectivity index (χ0v) is 26.6. The number of ether oxygens (including phenoxy) is 1. The van der Waals surface area contributed by atoms with Gasteiger partial charge in [0.2, 0.25) is 11.8 Å². The van der Waals surface area contributed by atoms with E-state index >= 15 is 0 Å². The van der Waals surface area contributed by atoms with Gasteiger partial charge in [-0.15, -0.1) is 0 Å². The van der Waals surface area contributed by atoms with E-state index in [1.165, 1.54) is 5.56 Å². The van der Waals surface area contributed by atoms with E-state index in [-0.39, 0.29) is 35.9 Å². The number of carbonyl (C=O) groups excluding carboxylic acids is 2. The lowest BCUT2D eigenvalue weighted by atomic mass is 9.93. The first-order chi connectivity index (χ1) is 21.9. The standard InChI is InChI=1S/C32H48N8O5/c1-3-5-7-8-26(41)35-29-28-30(38-31(37-29)44-19-6-4-2)40(32(43)36-28)21-25-11-9-24(10-12-25)20-39-17-14-23(15-18-39)13-16-34-27(42)22-45-33/h9-12,23H,3-8,13-22,33H2,1-2H3,(H,34,42)(H,36,43)(H,35,37,38,41). The molecule has 246 valence electrons. The van der Waals surface area contributed by atoms with Crippen LogP contribution in [-0.4, -0.2) is 69.1 Å². The summed E-state index contributed by atoms with van der Waals surface area (Å²) in [6.45, 7) is 8.33. The minimum absolute atomic E-state index is 0.112. The number of nitrogens with two attached hydrogens (primary N) is 1. The molecule has 0 radical (unpaired) electrons. The second kappa shape index (κ2) is 17.6. The van der Waals surface area contributed by atoms with Crippen molar-refractivity contribution in [1.29, 1.82) is 0 Å². The highest BCUT2D eigenvalue weighted by atomic mass is 16.6. The molecule has 3 heterocycles. The zero-order valence-electron chi connectivity index (χ0n) is 26.6. The summed E-state index contributed by atoms with van der Waals surface area (Å²) in [5.74, 6) is 5.45. The lowest BCUT2D eigenvalue weighted by molar-refractivity contribution is -0.125. The van der Waals surface area contributed by atoms with Crippen LogP contribution in [0.25, 0.3) is 11.2 Å². The van der Waals surface area contributed by atoms with Crippen LogP contribution < -0.4 is 27.0 Å². The van der Waals surface area contributed by atoms with Gasteiger partial charge in [-0.1, -0.05) is 57.4 Å². The number of amides is 2. The van der Waals surface area contributed by atoms with Crippen LogP contribution in [0.15, 0.2) is 29.1 Å². The van der Waals surface area contributed by atoms with Crippen LogP contribution in [0.4, 0.5) is 5.82 Å². The Morgan fingerprint density at radius 3 is 2.40 bits per heavy atom. The third kappa shape index (κ3) is 10.4. The molecule has 13 nitrogen and oxygen atoms in total. The average Bonchev–Trinajstić information content (AvgIpc) is 3.34. The van der Waals surface area contributed by atoms with Gasteiger partial charge >= 0.3 is 11.7 Å². The van der Waals surface area contributed by atoms with Gasteiger partial charge < -0.3 is 20.4 Å². The fraction of sp³-hybridized carbons (Fsp3) is 0.594. The Labute approximate surface area is 264 Å². The molecule has 0 spiro atoms. The maximum atomic E-state index is 13.1. The average molecular weight is 625 g/mol. The molecule has 1 aliphatic rings. The smallest absolute Gasteiger partial charge is 0.328 e. The first-order valence-corrected chi connectivity index (χ1v) is 16.2. The second-order valence-corrected chi connectivity index (χ2v) is 11.8. The number of fused-ring (bicyclic) bond motifs is 1. The summed E-state index contributed by atoms with van der Waals surface area (Å²) in [4.78, 5) is 55.9. The van der Waals surface area contributed by atoms with Crippen LogP contribution >= 0.6 is 0 Å². The van der Waals surface area contributed by atoms with E-state index in [2.05, 4.69) is 61.3 Å². The molecule has 0 bridgehead atoms. The van der Waals surface area contributed by atoms with Crippen molar-refractivity contribution >= 4 is 28.8 Å². The van der Waals surface area contributed by atoms with Gasteiger partial charge in [-0.3, -0.25) is 23.9 Å². The monoisotopic (exact) mass is 624 g/mol. The predicted octanol–water partition coefficient (Wildman–Crippen LogP) is 3.47. The van der Waals surface area contributed by atoms with E-state index in [0.29, 0.717) is 43.2 Å². The molecular weight excluding hydrogens is 576 g/mol. The minimum atomic E-state index is -0.328. The first-order valence-electron chi connectivity index (χ1n) is 16.2. The Morgan fingerprint density at radius 1 is 1.00 bits per heavy atom. The Bertz CT molecular complexity index is 1430. The number of hydrogen-bond donors (Lipinski definition) is 4. The van der Waals surface area contributed by atoms with Crippen LogP contribution in [0, 0.1) is 5.92 Å². The first kappa shape index (κ1) is 34.1. The van der Waals surface area contributed by atoms with Crippen molar-refractivity contribution in [2.24, 2.45) is 11.8 Å². The van der Waals surface area contributed by atoms with Crippen molar-refractivity contribution in [3.05, 3.63) is 45.9 Å². The number of nitrogens with one attached hydrogen (secondary N) is 3. The number of aromatic nitrogens is 4. The van der Waals surface area contributed by atoms with Gasteiger partial charge in [0.15, 0.2) is 11.5 Å². The predicted molar refractivity (Wildman–Crippen MR) is 173 cm³/mol. The molecule has 1 aromatic carbocycles. The van der Waals surface area contributed by atoms with Gasteiger partial charge in [0.1, 0.15) is 12.1 Å². The number of aromatic amines is 1. The van der Waals surface area contributed by atoms with Crippen molar-refractivity contribution in [3.63, 3.8) is 0 Å². The van der Waals surface area contributed by atoms with Gasteiger partial charge in [-0.2, -0.15) is 9.97 Å². The third-order valence-corrected chi connectivity index (χ3v) is 8.16.